The van der Waals surface area contributed by atoms with Crippen LogP contribution in [0.25, 0.3) is 0 Å². The molecule has 0 radical (unpaired) electrons. The molecule has 0 amide bonds. The standard InChI is InChI=1S/C15H22O4/c1-15-7-9(2-5-13(15)19-15)8-17-14(16)10-3-4-11-12(6-10)18-11/h9-13H,2-8H2,1H3. The molecule has 4 nitrogen and oxygen atoms in total. The first-order valence-electron chi connectivity index (χ1n) is 7.64. The molecule has 4 fully saturated rings. The van der Waals surface area contributed by atoms with Crippen LogP contribution in [0.2, 0.25) is 0 Å². The quantitative estimate of drug-likeness (QED) is 0.579. The lowest BCUT2D eigenvalue weighted by molar-refractivity contribution is -0.151. The van der Waals surface area contributed by atoms with Gasteiger partial charge in [0.1, 0.15) is 0 Å². The third-order valence-corrected chi connectivity index (χ3v) is 5.37. The van der Waals surface area contributed by atoms with Gasteiger partial charge in [-0.15, -0.1) is 0 Å². The van der Waals surface area contributed by atoms with E-state index in [0.717, 1.165) is 38.5 Å². The summed E-state index contributed by atoms with van der Waals surface area (Å²) in [5.41, 5.74) is 0.0925. The molecule has 6 unspecified atom stereocenters. The van der Waals surface area contributed by atoms with E-state index < -0.39 is 0 Å². The summed E-state index contributed by atoms with van der Waals surface area (Å²) in [6, 6.07) is 0. The Labute approximate surface area is 113 Å². The van der Waals surface area contributed by atoms with E-state index in [1.54, 1.807) is 0 Å². The minimum atomic E-state index is -0.00191. The Bertz CT molecular complexity index is 396. The molecule has 2 aliphatic carbocycles. The molecule has 4 heteroatoms. The van der Waals surface area contributed by atoms with Crippen molar-refractivity contribution in [2.75, 3.05) is 6.61 Å². The molecule has 4 rings (SSSR count). The van der Waals surface area contributed by atoms with Crippen molar-refractivity contribution < 1.29 is 19.0 Å². The van der Waals surface area contributed by atoms with Gasteiger partial charge in [-0.05, 0) is 51.4 Å². The van der Waals surface area contributed by atoms with E-state index in [0.29, 0.717) is 30.8 Å². The van der Waals surface area contributed by atoms with Gasteiger partial charge in [0, 0.05) is 0 Å². The molecule has 2 heterocycles. The normalized spacial score (nSPS) is 50.9. The number of hydrogen-bond donors (Lipinski definition) is 0. The summed E-state index contributed by atoms with van der Waals surface area (Å²) in [5.74, 6) is 0.562. The molecule has 0 bridgehead atoms. The number of epoxide rings is 2. The minimum absolute atomic E-state index is 0.00191. The highest BCUT2D eigenvalue weighted by Gasteiger charge is 2.55. The third kappa shape index (κ3) is 2.29. The van der Waals surface area contributed by atoms with E-state index in [1.165, 1.54) is 0 Å². The molecule has 4 aliphatic rings. The highest BCUT2D eigenvalue weighted by Crippen LogP contribution is 2.49. The number of carbonyl (C=O) groups excluding carboxylic acids is 1. The van der Waals surface area contributed by atoms with Gasteiger partial charge in [0.15, 0.2) is 0 Å². The van der Waals surface area contributed by atoms with Gasteiger partial charge in [0.25, 0.3) is 0 Å². The van der Waals surface area contributed by atoms with Gasteiger partial charge in [-0.1, -0.05) is 0 Å². The Kier molecular flexibility index (Phi) is 2.68. The molecule has 6 atom stereocenters. The molecule has 0 aromatic heterocycles. The van der Waals surface area contributed by atoms with Crippen molar-refractivity contribution in [1.82, 2.24) is 0 Å². The third-order valence-electron chi connectivity index (χ3n) is 5.37. The number of fused-ring (bicyclic) bond motifs is 2. The van der Waals surface area contributed by atoms with E-state index in [4.69, 9.17) is 14.2 Å². The van der Waals surface area contributed by atoms with Crippen molar-refractivity contribution in [3.8, 4) is 0 Å². The number of esters is 1. The van der Waals surface area contributed by atoms with Crippen LogP contribution in [0.4, 0.5) is 0 Å². The predicted octanol–water partition coefficient (Wildman–Crippen LogP) is 2.05. The fourth-order valence-electron chi connectivity index (χ4n) is 3.98. The zero-order valence-electron chi connectivity index (χ0n) is 11.5. The van der Waals surface area contributed by atoms with Gasteiger partial charge < -0.3 is 14.2 Å². The van der Waals surface area contributed by atoms with E-state index in [2.05, 4.69) is 6.92 Å². The van der Waals surface area contributed by atoms with Crippen molar-refractivity contribution in [2.24, 2.45) is 11.8 Å². The summed E-state index contributed by atoms with van der Waals surface area (Å²) in [6.07, 6.45) is 7.41. The molecule has 2 saturated heterocycles. The van der Waals surface area contributed by atoms with Crippen molar-refractivity contribution in [1.29, 1.82) is 0 Å². The fourth-order valence-corrected chi connectivity index (χ4v) is 3.98. The number of carbonyl (C=O) groups is 1. The molecule has 0 aromatic rings. The highest BCUT2D eigenvalue weighted by atomic mass is 16.6. The SMILES string of the molecule is CC12CC(COC(=O)C3CCC4OC4C3)CCC1O2. The summed E-state index contributed by atoms with van der Waals surface area (Å²) < 4.78 is 16.7. The van der Waals surface area contributed by atoms with E-state index >= 15 is 0 Å². The molecule has 2 saturated carbocycles. The van der Waals surface area contributed by atoms with Gasteiger partial charge in [-0.3, -0.25) is 4.79 Å². The number of rotatable bonds is 3. The van der Waals surface area contributed by atoms with Crippen LogP contribution in [-0.2, 0) is 19.0 Å². The fraction of sp³-hybridized carbons (Fsp3) is 0.933. The molecule has 106 valence electrons. The maximum atomic E-state index is 12.1. The Balaban J connectivity index is 1.24. The maximum absolute atomic E-state index is 12.1. The zero-order chi connectivity index (χ0) is 13.0. The monoisotopic (exact) mass is 266 g/mol. The Morgan fingerprint density at radius 1 is 1.26 bits per heavy atom. The van der Waals surface area contributed by atoms with E-state index in [-0.39, 0.29) is 17.5 Å². The van der Waals surface area contributed by atoms with Crippen LogP contribution < -0.4 is 0 Å². The second-order valence-electron chi connectivity index (χ2n) is 6.92. The Morgan fingerprint density at radius 2 is 2.16 bits per heavy atom. The molecule has 0 aromatic carbocycles. The van der Waals surface area contributed by atoms with Gasteiger partial charge in [0.05, 0.1) is 36.4 Å². The number of ether oxygens (including phenoxy) is 3. The van der Waals surface area contributed by atoms with Crippen LogP contribution in [0, 0.1) is 11.8 Å². The first-order chi connectivity index (χ1) is 9.14. The second-order valence-corrected chi connectivity index (χ2v) is 6.92. The van der Waals surface area contributed by atoms with Crippen LogP contribution in [0.5, 0.6) is 0 Å². The van der Waals surface area contributed by atoms with Crippen molar-refractivity contribution >= 4 is 5.97 Å². The molecular weight excluding hydrogens is 244 g/mol. The summed E-state index contributed by atoms with van der Waals surface area (Å²) in [5, 5.41) is 0. The first-order valence-corrected chi connectivity index (χ1v) is 7.64. The topological polar surface area (TPSA) is 51.4 Å². The van der Waals surface area contributed by atoms with Crippen LogP contribution in [0.15, 0.2) is 0 Å². The highest BCUT2D eigenvalue weighted by molar-refractivity contribution is 5.72. The lowest BCUT2D eigenvalue weighted by atomic mass is 9.83. The van der Waals surface area contributed by atoms with Crippen LogP contribution in [0.1, 0.15) is 45.4 Å². The zero-order valence-corrected chi connectivity index (χ0v) is 11.5. The average molecular weight is 266 g/mol. The van der Waals surface area contributed by atoms with Gasteiger partial charge >= 0.3 is 5.97 Å². The second kappa shape index (κ2) is 4.19. The molecule has 0 spiro atoms. The number of hydrogen-bond acceptors (Lipinski definition) is 4. The summed E-state index contributed by atoms with van der Waals surface area (Å²) >= 11 is 0. The Morgan fingerprint density at radius 3 is 2.95 bits per heavy atom. The minimum Gasteiger partial charge on any atom is -0.465 e. The molecular formula is C15H22O4. The molecule has 0 N–H and O–H groups in total. The molecule has 19 heavy (non-hydrogen) atoms. The van der Waals surface area contributed by atoms with Gasteiger partial charge in [0.2, 0.25) is 0 Å². The summed E-state index contributed by atoms with van der Waals surface area (Å²) in [7, 11) is 0. The van der Waals surface area contributed by atoms with Gasteiger partial charge in [-0.25, -0.2) is 0 Å². The lowest BCUT2D eigenvalue weighted by Gasteiger charge is -2.24. The summed E-state index contributed by atoms with van der Waals surface area (Å²) in [6.45, 7) is 2.76. The Hall–Kier alpha value is -0.610. The van der Waals surface area contributed by atoms with Crippen LogP contribution >= 0.6 is 0 Å². The van der Waals surface area contributed by atoms with E-state index in [1.807, 2.05) is 0 Å². The van der Waals surface area contributed by atoms with Crippen molar-refractivity contribution in [3.63, 3.8) is 0 Å². The summed E-state index contributed by atoms with van der Waals surface area (Å²) in [4.78, 5) is 12.1. The average Bonchev–Trinajstić information content (AvgIpc) is 3.27. The van der Waals surface area contributed by atoms with Gasteiger partial charge in [-0.2, -0.15) is 0 Å². The van der Waals surface area contributed by atoms with Crippen LogP contribution in [0.3, 0.4) is 0 Å². The molecule has 2 aliphatic heterocycles. The van der Waals surface area contributed by atoms with E-state index in [9.17, 15) is 4.79 Å². The van der Waals surface area contributed by atoms with Crippen molar-refractivity contribution in [2.45, 2.75) is 69.4 Å². The lowest BCUT2D eigenvalue weighted by Crippen LogP contribution is -2.29. The first kappa shape index (κ1) is 12.2. The predicted molar refractivity (Wildman–Crippen MR) is 67.6 cm³/mol. The largest absolute Gasteiger partial charge is 0.465 e. The van der Waals surface area contributed by atoms with Crippen molar-refractivity contribution in [3.05, 3.63) is 0 Å². The smallest absolute Gasteiger partial charge is 0.309 e. The maximum Gasteiger partial charge on any atom is 0.309 e. The van der Waals surface area contributed by atoms with Crippen LogP contribution in [-0.4, -0.2) is 36.5 Å².